The van der Waals surface area contributed by atoms with E-state index in [9.17, 15) is 4.79 Å². The van der Waals surface area contributed by atoms with Crippen LogP contribution < -0.4 is 0 Å². The largest absolute Gasteiger partial charge is 0.292 e. The molecule has 0 atom stereocenters. The van der Waals surface area contributed by atoms with E-state index in [-0.39, 0.29) is 5.78 Å². The highest BCUT2D eigenvalue weighted by molar-refractivity contribution is 8.18. The summed E-state index contributed by atoms with van der Waals surface area (Å²) in [7, 11) is 1.59. The van der Waals surface area contributed by atoms with Crippen LogP contribution in [0.4, 0.5) is 0 Å². The third-order valence-corrected chi connectivity index (χ3v) is 1.56. The highest BCUT2D eigenvalue weighted by atomic mass is 32.2. The Bertz CT molecular complexity index is 151. The van der Waals surface area contributed by atoms with Crippen molar-refractivity contribution >= 4 is 22.6 Å². The van der Waals surface area contributed by atoms with Crippen molar-refractivity contribution < 1.29 is 4.79 Å². The molecule has 0 N–H and O–H groups in total. The maximum absolute atomic E-state index is 10.6. The average Bonchev–Trinajstić information content (AvgIpc) is 1.82. The van der Waals surface area contributed by atoms with Crippen LogP contribution in [0.2, 0.25) is 0 Å². The third-order valence-electron chi connectivity index (χ3n) is 0.699. The number of rotatable bonds is 2. The van der Waals surface area contributed by atoms with Gasteiger partial charge >= 0.3 is 0 Å². The summed E-state index contributed by atoms with van der Waals surface area (Å²) in [5.74, 6) is -0.0117. The molecule has 50 valence electrons. The molecule has 0 rings (SSSR count). The van der Waals surface area contributed by atoms with Crippen LogP contribution in [0.3, 0.4) is 0 Å². The van der Waals surface area contributed by atoms with Crippen LogP contribution in [-0.2, 0) is 4.79 Å². The van der Waals surface area contributed by atoms with Gasteiger partial charge in [-0.15, -0.1) is 0 Å². The van der Waals surface area contributed by atoms with E-state index in [2.05, 4.69) is 11.6 Å². The summed E-state index contributed by atoms with van der Waals surface area (Å²) in [4.78, 5) is 14.3. The summed E-state index contributed by atoms with van der Waals surface area (Å²) in [6.07, 6.45) is 0. The zero-order chi connectivity index (χ0) is 7.28. The molecule has 9 heavy (non-hydrogen) atoms. The van der Waals surface area contributed by atoms with Gasteiger partial charge in [-0.2, -0.15) is 0 Å². The Morgan fingerprint density at radius 1 is 1.78 bits per heavy atom. The first-order chi connectivity index (χ1) is 4.22. The SMILES string of the molecule is C=CSC(=NC)C(C)=O. The molecule has 0 aliphatic rings. The van der Waals surface area contributed by atoms with Crippen molar-refractivity contribution in [1.29, 1.82) is 0 Å². The first kappa shape index (κ1) is 8.43. The van der Waals surface area contributed by atoms with Crippen molar-refractivity contribution in [2.24, 2.45) is 4.99 Å². The Morgan fingerprint density at radius 3 is 2.44 bits per heavy atom. The van der Waals surface area contributed by atoms with Crippen molar-refractivity contribution in [3.8, 4) is 0 Å². The lowest BCUT2D eigenvalue weighted by molar-refractivity contribution is -0.110. The normalized spacial score (nSPS) is 11.1. The van der Waals surface area contributed by atoms with Crippen molar-refractivity contribution in [3.05, 3.63) is 12.0 Å². The lowest BCUT2D eigenvalue weighted by Crippen LogP contribution is -2.02. The Morgan fingerprint density at radius 2 is 2.33 bits per heavy atom. The minimum Gasteiger partial charge on any atom is -0.292 e. The number of thioether (sulfide) groups is 1. The highest BCUT2D eigenvalue weighted by Gasteiger charge is 2.00. The molecule has 0 aromatic heterocycles. The Balaban J connectivity index is 4.00. The molecule has 0 fully saturated rings. The van der Waals surface area contributed by atoms with E-state index >= 15 is 0 Å². The van der Waals surface area contributed by atoms with Gasteiger partial charge in [0.15, 0.2) is 5.78 Å². The molecule has 0 heterocycles. The number of hydrogen-bond donors (Lipinski definition) is 0. The van der Waals surface area contributed by atoms with Crippen molar-refractivity contribution in [2.45, 2.75) is 6.92 Å². The van der Waals surface area contributed by atoms with E-state index in [1.165, 1.54) is 18.7 Å². The molecular weight excluding hydrogens is 134 g/mol. The molecule has 0 bridgehead atoms. The van der Waals surface area contributed by atoms with E-state index in [4.69, 9.17) is 0 Å². The molecule has 0 aromatic carbocycles. The number of carbonyl (C=O) groups is 1. The predicted molar refractivity (Wildman–Crippen MR) is 41.8 cm³/mol. The van der Waals surface area contributed by atoms with Crippen LogP contribution in [0.25, 0.3) is 0 Å². The standard InChI is InChI=1S/C6H9NOS/c1-4-9-6(7-3)5(2)8/h4H,1H2,2-3H3. The number of Topliss-reactive ketones (excluding diaryl/α,β-unsaturated/α-hetero) is 1. The molecule has 0 radical (unpaired) electrons. The minimum atomic E-state index is -0.0117. The van der Waals surface area contributed by atoms with Gasteiger partial charge in [0, 0.05) is 14.0 Å². The number of ketones is 1. The zero-order valence-corrected chi connectivity index (χ0v) is 6.36. The quantitative estimate of drug-likeness (QED) is 0.433. The lowest BCUT2D eigenvalue weighted by Gasteiger charge is -1.91. The number of carbonyl (C=O) groups excluding carboxylic acids is 1. The first-order valence-corrected chi connectivity index (χ1v) is 3.35. The molecule has 0 saturated carbocycles. The Hall–Kier alpha value is -0.570. The van der Waals surface area contributed by atoms with Gasteiger partial charge < -0.3 is 0 Å². The zero-order valence-electron chi connectivity index (χ0n) is 5.55. The fraction of sp³-hybridized carbons (Fsp3) is 0.333. The molecule has 0 amide bonds. The van der Waals surface area contributed by atoms with Crippen LogP contribution in [0.15, 0.2) is 17.0 Å². The second-order valence-electron chi connectivity index (χ2n) is 1.37. The fourth-order valence-electron chi connectivity index (χ4n) is 0.372. The second kappa shape index (κ2) is 4.32. The highest BCUT2D eigenvalue weighted by Crippen LogP contribution is 2.04. The minimum absolute atomic E-state index is 0.0117. The number of nitrogens with zero attached hydrogens (tertiary/aromatic N) is 1. The van der Waals surface area contributed by atoms with Gasteiger partial charge in [-0.1, -0.05) is 18.3 Å². The topological polar surface area (TPSA) is 29.4 Å². The predicted octanol–water partition coefficient (Wildman–Crippen LogP) is 1.48. The summed E-state index contributed by atoms with van der Waals surface area (Å²) in [5, 5.41) is 2.09. The number of aliphatic imine (C=N–C) groups is 1. The molecule has 3 heteroatoms. The molecule has 2 nitrogen and oxygen atoms in total. The van der Waals surface area contributed by atoms with Crippen molar-refractivity contribution in [3.63, 3.8) is 0 Å². The third kappa shape index (κ3) is 3.08. The Kier molecular flexibility index (Phi) is 4.05. The van der Waals surface area contributed by atoms with E-state index in [1.54, 1.807) is 12.5 Å². The van der Waals surface area contributed by atoms with E-state index in [0.717, 1.165) is 0 Å². The molecule has 0 aliphatic heterocycles. The maximum Gasteiger partial charge on any atom is 0.184 e. The molecular formula is C6H9NOS. The van der Waals surface area contributed by atoms with Crippen molar-refractivity contribution in [2.75, 3.05) is 7.05 Å². The van der Waals surface area contributed by atoms with Gasteiger partial charge in [0.1, 0.15) is 5.04 Å². The molecule has 0 unspecified atom stereocenters. The molecule has 0 aliphatic carbocycles. The van der Waals surface area contributed by atoms with Gasteiger partial charge in [-0.05, 0) is 5.41 Å². The van der Waals surface area contributed by atoms with E-state index in [0.29, 0.717) is 5.04 Å². The summed E-state index contributed by atoms with van der Waals surface area (Å²) in [6.45, 7) is 4.95. The fourth-order valence-corrected chi connectivity index (χ4v) is 0.801. The van der Waals surface area contributed by atoms with Crippen LogP contribution in [0, 0.1) is 0 Å². The average molecular weight is 143 g/mol. The van der Waals surface area contributed by atoms with Gasteiger partial charge in [0.2, 0.25) is 0 Å². The summed E-state index contributed by atoms with van der Waals surface area (Å²) in [6, 6.07) is 0. The van der Waals surface area contributed by atoms with Gasteiger partial charge in [0.05, 0.1) is 0 Å². The van der Waals surface area contributed by atoms with E-state index in [1.807, 2.05) is 0 Å². The summed E-state index contributed by atoms with van der Waals surface area (Å²) >= 11 is 1.25. The van der Waals surface area contributed by atoms with E-state index < -0.39 is 0 Å². The monoisotopic (exact) mass is 143 g/mol. The van der Waals surface area contributed by atoms with Gasteiger partial charge in [-0.3, -0.25) is 9.79 Å². The van der Waals surface area contributed by atoms with Crippen LogP contribution in [-0.4, -0.2) is 17.9 Å². The Labute approximate surface area is 59.1 Å². The first-order valence-electron chi connectivity index (χ1n) is 2.47. The lowest BCUT2D eigenvalue weighted by atomic mass is 10.5. The number of hydrogen-bond acceptors (Lipinski definition) is 3. The molecule has 0 saturated heterocycles. The summed E-state index contributed by atoms with van der Waals surface area (Å²) < 4.78 is 0. The van der Waals surface area contributed by atoms with Gasteiger partial charge in [-0.25, -0.2) is 0 Å². The van der Waals surface area contributed by atoms with Crippen LogP contribution >= 0.6 is 11.8 Å². The van der Waals surface area contributed by atoms with Crippen LogP contribution in [0.1, 0.15) is 6.92 Å². The van der Waals surface area contributed by atoms with Gasteiger partial charge in [0.25, 0.3) is 0 Å². The molecule has 0 aromatic rings. The molecule has 0 spiro atoms. The summed E-state index contributed by atoms with van der Waals surface area (Å²) in [5.41, 5.74) is 0. The van der Waals surface area contributed by atoms with Crippen LogP contribution in [0.5, 0.6) is 0 Å². The smallest absolute Gasteiger partial charge is 0.184 e. The maximum atomic E-state index is 10.6. The second-order valence-corrected chi connectivity index (χ2v) is 2.33. The van der Waals surface area contributed by atoms with Crippen molar-refractivity contribution in [1.82, 2.24) is 0 Å².